The van der Waals surface area contributed by atoms with Crippen LogP contribution in [0, 0.1) is 17.8 Å². The summed E-state index contributed by atoms with van der Waals surface area (Å²) in [5.74, 6) is -5.05. The molecule has 0 radical (unpaired) electrons. The zero-order valence-electron chi connectivity index (χ0n) is 24.1. The molecular formula is C30H55NO6. The van der Waals surface area contributed by atoms with Gasteiger partial charge in [0.25, 0.3) is 0 Å². The molecule has 0 amide bonds. The number of rotatable bonds is 25. The van der Waals surface area contributed by atoms with Gasteiger partial charge in [0.1, 0.15) is 11.8 Å². The number of nitrogens with zero attached hydrogens (tertiary/aromatic N) is 1. The molecule has 0 bridgehead atoms. The van der Waals surface area contributed by atoms with E-state index >= 15 is 0 Å². The van der Waals surface area contributed by atoms with Crippen molar-refractivity contribution in [3.63, 3.8) is 0 Å². The maximum absolute atomic E-state index is 11.9. The van der Waals surface area contributed by atoms with Crippen LogP contribution in [0.1, 0.15) is 118 Å². The molecule has 0 saturated carbocycles. The van der Waals surface area contributed by atoms with Crippen LogP contribution in [0.5, 0.6) is 0 Å². The van der Waals surface area contributed by atoms with Gasteiger partial charge in [-0.2, -0.15) is 0 Å². The molecule has 0 aromatic carbocycles. The Morgan fingerprint density at radius 2 is 1.05 bits per heavy atom. The molecule has 0 fully saturated rings. The first-order valence-corrected chi connectivity index (χ1v) is 14.8. The van der Waals surface area contributed by atoms with Crippen LogP contribution in [-0.2, 0) is 14.4 Å². The lowest BCUT2D eigenvalue weighted by molar-refractivity contribution is -0.934. The Kier molecular flexibility index (Phi) is 20.0. The largest absolute Gasteiger partial charge is 0.550 e. The summed E-state index contributed by atoms with van der Waals surface area (Å²) in [7, 11) is 0. The van der Waals surface area contributed by atoms with Crippen LogP contribution in [0.2, 0.25) is 0 Å². The highest BCUT2D eigenvalue weighted by Crippen LogP contribution is 2.24. The van der Waals surface area contributed by atoms with Gasteiger partial charge in [0.2, 0.25) is 0 Å². The van der Waals surface area contributed by atoms with Gasteiger partial charge in [-0.3, -0.25) is 9.59 Å². The molecular weight excluding hydrogens is 470 g/mol. The summed E-state index contributed by atoms with van der Waals surface area (Å²) < 4.78 is 0.171. The molecule has 0 saturated heterocycles. The highest BCUT2D eigenvalue weighted by molar-refractivity contribution is 5.70. The van der Waals surface area contributed by atoms with Crippen LogP contribution in [0.15, 0.2) is 12.2 Å². The second kappa shape index (κ2) is 21.1. The third kappa shape index (κ3) is 15.8. The SMILES string of the molecule is CCCCCCCCCCC/C=C/CC[N+](CC(CC)C(=O)[O-])(CC(CC)C(=O)O)CC(CC)C(=O)O. The predicted octanol–water partition coefficient (Wildman–Crippen LogP) is 5.67. The van der Waals surface area contributed by atoms with Gasteiger partial charge in [0.05, 0.1) is 32.1 Å². The van der Waals surface area contributed by atoms with Crippen molar-refractivity contribution in [3.8, 4) is 0 Å². The van der Waals surface area contributed by atoms with E-state index in [-0.39, 0.29) is 24.1 Å². The number of aliphatic carboxylic acids is 3. The molecule has 7 nitrogen and oxygen atoms in total. The van der Waals surface area contributed by atoms with Crippen molar-refractivity contribution in [2.75, 3.05) is 26.2 Å². The Hall–Kier alpha value is -1.89. The minimum absolute atomic E-state index is 0.171. The van der Waals surface area contributed by atoms with E-state index in [0.29, 0.717) is 32.2 Å². The summed E-state index contributed by atoms with van der Waals surface area (Å²) in [5, 5.41) is 31.3. The van der Waals surface area contributed by atoms with Crippen molar-refractivity contribution in [3.05, 3.63) is 12.2 Å². The molecule has 0 aromatic heterocycles. The topological polar surface area (TPSA) is 115 Å². The second-order valence-electron chi connectivity index (χ2n) is 10.8. The van der Waals surface area contributed by atoms with E-state index in [9.17, 15) is 29.7 Å². The zero-order chi connectivity index (χ0) is 28.1. The van der Waals surface area contributed by atoms with E-state index in [1.54, 1.807) is 6.92 Å². The lowest BCUT2D eigenvalue weighted by Gasteiger charge is -2.44. The first-order chi connectivity index (χ1) is 17.7. The van der Waals surface area contributed by atoms with E-state index in [4.69, 9.17) is 0 Å². The molecule has 216 valence electrons. The Labute approximate surface area is 225 Å². The van der Waals surface area contributed by atoms with E-state index in [1.807, 2.05) is 13.8 Å². The quantitative estimate of drug-likeness (QED) is 0.0902. The monoisotopic (exact) mass is 525 g/mol. The summed E-state index contributed by atoms with van der Waals surface area (Å²) in [5.41, 5.74) is 0. The number of unbranched alkanes of at least 4 members (excludes halogenated alkanes) is 9. The van der Waals surface area contributed by atoms with E-state index in [0.717, 1.165) is 12.8 Å². The summed E-state index contributed by atoms with van der Waals surface area (Å²) in [6.45, 7) is 8.80. The fourth-order valence-corrected chi connectivity index (χ4v) is 5.19. The molecule has 0 aliphatic rings. The van der Waals surface area contributed by atoms with Gasteiger partial charge in [-0.15, -0.1) is 0 Å². The molecule has 0 aromatic rings. The van der Waals surface area contributed by atoms with Gasteiger partial charge in [-0.05, 0) is 32.1 Å². The molecule has 3 atom stereocenters. The number of carboxylic acid groups (broad SMARTS) is 3. The van der Waals surface area contributed by atoms with Crippen LogP contribution in [-0.4, -0.2) is 58.8 Å². The highest BCUT2D eigenvalue weighted by Gasteiger charge is 2.38. The van der Waals surface area contributed by atoms with Gasteiger partial charge in [-0.1, -0.05) is 91.2 Å². The maximum Gasteiger partial charge on any atom is 0.312 e. The average Bonchev–Trinajstić information content (AvgIpc) is 2.86. The van der Waals surface area contributed by atoms with Crippen molar-refractivity contribution in [1.82, 2.24) is 0 Å². The third-order valence-corrected chi connectivity index (χ3v) is 7.74. The summed E-state index contributed by atoms with van der Waals surface area (Å²) in [6.07, 6.45) is 18.6. The van der Waals surface area contributed by atoms with Crippen molar-refractivity contribution in [2.24, 2.45) is 17.8 Å². The normalized spacial score (nSPS) is 15.8. The Balaban J connectivity index is 5.24. The summed E-state index contributed by atoms with van der Waals surface area (Å²) >= 11 is 0. The van der Waals surface area contributed by atoms with E-state index in [2.05, 4.69) is 19.1 Å². The molecule has 7 heteroatoms. The molecule has 0 spiro atoms. The summed E-state index contributed by atoms with van der Waals surface area (Å²) in [4.78, 5) is 35.6. The standard InChI is InChI=1S/C30H55NO6/c1-5-9-10-11-12-13-14-15-16-17-18-19-20-21-31(22-25(6-2)28(32)33,23-26(7-3)29(34)35)24-27(8-4)30(36)37/h18-19,25-27H,5-17,20-24H2,1-4H3,(H2-,32,33,34,35,36,37)/b19-18+. The fourth-order valence-electron chi connectivity index (χ4n) is 5.19. The number of hydrogen-bond donors (Lipinski definition) is 2. The van der Waals surface area contributed by atoms with Crippen LogP contribution in [0.3, 0.4) is 0 Å². The lowest BCUT2D eigenvalue weighted by Crippen LogP contribution is -2.59. The molecule has 37 heavy (non-hydrogen) atoms. The minimum Gasteiger partial charge on any atom is -0.550 e. The fraction of sp³-hybridized carbons (Fsp3) is 0.833. The smallest absolute Gasteiger partial charge is 0.312 e. The third-order valence-electron chi connectivity index (χ3n) is 7.74. The highest BCUT2D eigenvalue weighted by atomic mass is 16.4. The lowest BCUT2D eigenvalue weighted by atomic mass is 9.96. The minimum atomic E-state index is -1.15. The van der Waals surface area contributed by atoms with E-state index in [1.165, 1.54) is 51.4 Å². The number of hydrogen-bond acceptors (Lipinski definition) is 4. The number of carbonyl (C=O) groups excluding carboxylic acids is 1. The number of carbonyl (C=O) groups is 3. The van der Waals surface area contributed by atoms with Crippen LogP contribution in [0.4, 0.5) is 0 Å². The van der Waals surface area contributed by atoms with Gasteiger partial charge in [0.15, 0.2) is 0 Å². The van der Waals surface area contributed by atoms with Gasteiger partial charge < -0.3 is 24.6 Å². The maximum atomic E-state index is 11.9. The zero-order valence-corrected chi connectivity index (χ0v) is 24.1. The number of quaternary nitrogens is 1. The van der Waals surface area contributed by atoms with Crippen molar-refractivity contribution < 1.29 is 34.2 Å². The molecule has 0 heterocycles. The van der Waals surface area contributed by atoms with Gasteiger partial charge in [0, 0.05) is 12.3 Å². The molecule has 0 rings (SSSR count). The molecule has 2 N–H and O–H groups in total. The molecule has 0 aliphatic heterocycles. The Morgan fingerprint density at radius 1 is 0.649 bits per heavy atom. The molecule has 3 unspecified atom stereocenters. The van der Waals surface area contributed by atoms with Crippen LogP contribution in [0.25, 0.3) is 0 Å². The average molecular weight is 526 g/mol. The van der Waals surface area contributed by atoms with Gasteiger partial charge >= 0.3 is 11.9 Å². The van der Waals surface area contributed by atoms with Crippen molar-refractivity contribution >= 4 is 17.9 Å². The van der Waals surface area contributed by atoms with Crippen LogP contribution >= 0.6 is 0 Å². The second-order valence-corrected chi connectivity index (χ2v) is 10.8. The first-order valence-electron chi connectivity index (χ1n) is 14.8. The molecule has 0 aliphatic carbocycles. The van der Waals surface area contributed by atoms with Crippen molar-refractivity contribution in [2.45, 2.75) is 118 Å². The predicted molar refractivity (Wildman–Crippen MR) is 147 cm³/mol. The summed E-state index contributed by atoms with van der Waals surface area (Å²) in [6, 6.07) is 0. The first kappa shape index (κ1) is 35.1. The van der Waals surface area contributed by atoms with Gasteiger partial charge in [-0.25, -0.2) is 0 Å². The van der Waals surface area contributed by atoms with Crippen molar-refractivity contribution in [1.29, 1.82) is 0 Å². The Morgan fingerprint density at radius 3 is 1.46 bits per heavy atom. The number of carboxylic acids is 3. The Bertz CT molecular complexity index is 603. The van der Waals surface area contributed by atoms with E-state index < -0.39 is 35.7 Å². The number of allylic oxidation sites excluding steroid dienone is 1. The van der Waals surface area contributed by atoms with Crippen LogP contribution < -0.4 is 5.11 Å².